The van der Waals surface area contributed by atoms with Crippen LogP contribution in [0.4, 0.5) is 0 Å². The molecular weight excluding hydrogens is 346 g/mol. The quantitative estimate of drug-likeness (QED) is 0.816. The second kappa shape index (κ2) is 9.17. The highest BCUT2D eigenvalue weighted by Gasteiger charge is 2.21. The van der Waals surface area contributed by atoms with Gasteiger partial charge in [-0.2, -0.15) is 0 Å². The van der Waals surface area contributed by atoms with Crippen LogP contribution in [0.25, 0.3) is 0 Å². The minimum atomic E-state index is -0.249. The van der Waals surface area contributed by atoms with E-state index in [2.05, 4.69) is 22.3 Å². The first-order valence-corrected chi connectivity index (χ1v) is 9.54. The van der Waals surface area contributed by atoms with Crippen molar-refractivity contribution in [2.75, 3.05) is 13.1 Å². The second-order valence-electron chi connectivity index (χ2n) is 6.97. The van der Waals surface area contributed by atoms with Gasteiger partial charge in [0.05, 0.1) is 0 Å². The minimum absolute atomic E-state index is 0.0394. The fourth-order valence-corrected chi connectivity index (χ4v) is 3.51. The lowest BCUT2D eigenvalue weighted by molar-refractivity contribution is -0.122. The lowest BCUT2D eigenvalue weighted by atomic mass is 10.0. The molecule has 1 atom stereocenters. The molecule has 1 heterocycles. The first-order valence-electron chi connectivity index (χ1n) is 9.17. The first-order chi connectivity index (χ1) is 12.6. The van der Waals surface area contributed by atoms with Crippen LogP contribution in [0.3, 0.4) is 0 Å². The lowest BCUT2D eigenvalue weighted by Crippen LogP contribution is -2.44. The Morgan fingerprint density at radius 3 is 2.42 bits per heavy atom. The van der Waals surface area contributed by atoms with Crippen LogP contribution < -0.4 is 11.1 Å². The number of halogens is 1. The predicted octanol–water partition coefficient (Wildman–Crippen LogP) is 3.51. The van der Waals surface area contributed by atoms with Gasteiger partial charge in [-0.3, -0.25) is 9.69 Å². The van der Waals surface area contributed by atoms with Crippen molar-refractivity contribution in [3.63, 3.8) is 0 Å². The number of piperidine rings is 1. The summed E-state index contributed by atoms with van der Waals surface area (Å²) in [6.07, 6.45) is 2.27. The number of nitrogens with one attached hydrogen (secondary N) is 1. The summed E-state index contributed by atoms with van der Waals surface area (Å²) in [6, 6.07) is 17.8. The molecular formula is C21H26ClN3O. The molecule has 3 rings (SSSR count). The Bertz CT molecular complexity index is 697. The summed E-state index contributed by atoms with van der Waals surface area (Å²) in [4.78, 5) is 14.7. The lowest BCUT2D eigenvalue weighted by Gasteiger charge is -2.32. The van der Waals surface area contributed by atoms with Crippen molar-refractivity contribution in [1.82, 2.24) is 10.2 Å². The highest BCUT2D eigenvalue weighted by atomic mass is 35.5. The number of benzene rings is 2. The third kappa shape index (κ3) is 5.56. The van der Waals surface area contributed by atoms with Gasteiger partial charge in [0.1, 0.15) is 0 Å². The number of nitrogens with two attached hydrogens (primary N) is 1. The Balaban J connectivity index is 1.40. The monoisotopic (exact) mass is 371 g/mol. The first kappa shape index (κ1) is 18.9. The number of amides is 1. The van der Waals surface area contributed by atoms with Gasteiger partial charge in [0.15, 0.2) is 0 Å². The van der Waals surface area contributed by atoms with Crippen molar-refractivity contribution in [1.29, 1.82) is 0 Å². The van der Waals surface area contributed by atoms with Crippen molar-refractivity contribution < 1.29 is 4.79 Å². The molecule has 3 N–H and O–H groups in total. The molecule has 1 unspecified atom stereocenters. The fourth-order valence-electron chi connectivity index (χ4n) is 3.39. The zero-order chi connectivity index (χ0) is 18.4. The van der Waals surface area contributed by atoms with Crippen LogP contribution in [-0.4, -0.2) is 29.9 Å². The maximum absolute atomic E-state index is 12.3. The molecule has 0 bridgehead atoms. The SMILES string of the molecule is NC(CC(=O)NC1CCN(Cc2ccc(Cl)cc2)CC1)c1ccccc1. The molecule has 1 aliphatic rings. The highest BCUT2D eigenvalue weighted by molar-refractivity contribution is 6.30. The summed E-state index contributed by atoms with van der Waals surface area (Å²) in [5, 5.41) is 3.92. The molecule has 2 aromatic rings. The highest BCUT2D eigenvalue weighted by Crippen LogP contribution is 2.17. The fraction of sp³-hybridized carbons (Fsp3) is 0.381. The van der Waals surface area contributed by atoms with Gasteiger partial charge in [-0.25, -0.2) is 0 Å². The summed E-state index contributed by atoms with van der Waals surface area (Å²) in [7, 11) is 0. The molecule has 0 aliphatic carbocycles. The second-order valence-corrected chi connectivity index (χ2v) is 7.40. The Morgan fingerprint density at radius 1 is 1.12 bits per heavy atom. The molecule has 0 aromatic heterocycles. The van der Waals surface area contributed by atoms with Gasteiger partial charge in [-0.15, -0.1) is 0 Å². The van der Waals surface area contributed by atoms with E-state index < -0.39 is 0 Å². The van der Waals surface area contributed by atoms with Crippen LogP contribution in [0.5, 0.6) is 0 Å². The summed E-state index contributed by atoms with van der Waals surface area (Å²) in [5.74, 6) is 0.0394. The van der Waals surface area contributed by atoms with Gasteiger partial charge < -0.3 is 11.1 Å². The summed E-state index contributed by atoms with van der Waals surface area (Å²) < 4.78 is 0. The number of likely N-dealkylation sites (tertiary alicyclic amines) is 1. The van der Waals surface area contributed by atoms with Crippen molar-refractivity contribution in [3.8, 4) is 0 Å². The van der Waals surface area contributed by atoms with Gasteiger partial charge in [0, 0.05) is 43.2 Å². The van der Waals surface area contributed by atoms with Crippen LogP contribution in [0, 0.1) is 0 Å². The van der Waals surface area contributed by atoms with E-state index in [0.717, 1.165) is 43.1 Å². The van der Waals surface area contributed by atoms with Gasteiger partial charge in [0.25, 0.3) is 0 Å². The average molecular weight is 372 g/mol. The van der Waals surface area contributed by atoms with E-state index >= 15 is 0 Å². The van der Waals surface area contributed by atoms with E-state index in [1.54, 1.807) is 0 Å². The van der Waals surface area contributed by atoms with Crippen LogP contribution in [0.2, 0.25) is 5.02 Å². The Kier molecular flexibility index (Phi) is 6.67. The minimum Gasteiger partial charge on any atom is -0.353 e. The topological polar surface area (TPSA) is 58.4 Å². The Hall–Kier alpha value is -1.88. The molecule has 1 saturated heterocycles. The maximum atomic E-state index is 12.3. The van der Waals surface area contributed by atoms with E-state index in [0.29, 0.717) is 6.42 Å². The molecule has 0 spiro atoms. The van der Waals surface area contributed by atoms with Crippen molar-refractivity contribution in [3.05, 3.63) is 70.7 Å². The zero-order valence-corrected chi connectivity index (χ0v) is 15.7. The van der Waals surface area contributed by atoms with E-state index in [9.17, 15) is 4.79 Å². The molecule has 4 nitrogen and oxygen atoms in total. The van der Waals surface area contributed by atoms with E-state index in [-0.39, 0.29) is 18.0 Å². The van der Waals surface area contributed by atoms with Crippen LogP contribution in [0.1, 0.15) is 36.4 Å². The third-order valence-electron chi connectivity index (χ3n) is 4.91. The van der Waals surface area contributed by atoms with Gasteiger partial charge >= 0.3 is 0 Å². The van der Waals surface area contributed by atoms with Crippen molar-refractivity contribution >= 4 is 17.5 Å². The number of hydrogen-bond donors (Lipinski definition) is 2. The molecule has 0 saturated carbocycles. The van der Waals surface area contributed by atoms with Crippen molar-refractivity contribution in [2.24, 2.45) is 5.73 Å². The normalized spacial score (nSPS) is 17.0. The molecule has 0 radical (unpaired) electrons. The number of carbonyl (C=O) groups is 1. The van der Waals surface area contributed by atoms with Crippen LogP contribution in [0.15, 0.2) is 54.6 Å². The van der Waals surface area contributed by atoms with Gasteiger partial charge in [0.2, 0.25) is 5.91 Å². The van der Waals surface area contributed by atoms with E-state index in [1.165, 1.54) is 5.56 Å². The van der Waals surface area contributed by atoms with E-state index in [4.69, 9.17) is 17.3 Å². The molecule has 1 fully saturated rings. The number of rotatable bonds is 6. The molecule has 138 valence electrons. The van der Waals surface area contributed by atoms with Crippen LogP contribution >= 0.6 is 11.6 Å². The average Bonchev–Trinajstić information content (AvgIpc) is 2.66. The van der Waals surface area contributed by atoms with Crippen LogP contribution in [-0.2, 0) is 11.3 Å². The standard InChI is InChI=1S/C21H26ClN3O/c22-18-8-6-16(7-9-18)15-25-12-10-19(11-13-25)24-21(26)14-20(23)17-4-2-1-3-5-17/h1-9,19-20H,10-15,23H2,(H,24,26). The smallest absolute Gasteiger partial charge is 0.222 e. The summed E-state index contributed by atoms with van der Waals surface area (Å²) in [6.45, 7) is 2.90. The number of hydrogen-bond acceptors (Lipinski definition) is 3. The summed E-state index contributed by atoms with van der Waals surface area (Å²) in [5.41, 5.74) is 8.41. The van der Waals surface area contributed by atoms with Gasteiger partial charge in [-0.1, -0.05) is 54.1 Å². The number of nitrogens with zero attached hydrogens (tertiary/aromatic N) is 1. The third-order valence-corrected chi connectivity index (χ3v) is 5.16. The van der Waals surface area contributed by atoms with Crippen molar-refractivity contribution in [2.45, 2.75) is 37.9 Å². The van der Waals surface area contributed by atoms with E-state index in [1.807, 2.05) is 42.5 Å². The van der Waals surface area contributed by atoms with Gasteiger partial charge in [-0.05, 0) is 36.1 Å². The molecule has 26 heavy (non-hydrogen) atoms. The molecule has 1 amide bonds. The molecule has 2 aromatic carbocycles. The maximum Gasteiger partial charge on any atom is 0.222 e. The largest absolute Gasteiger partial charge is 0.353 e. The molecule has 5 heteroatoms. The predicted molar refractivity (Wildman–Crippen MR) is 106 cm³/mol. The Labute approximate surface area is 160 Å². The molecule has 1 aliphatic heterocycles. The number of carbonyl (C=O) groups excluding carboxylic acids is 1. The Morgan fingerprint density at radius 2 is 1.77 bits per heavy atom. The zero-order valence-electron chi connectivity index (χ0n) is 14.9. The summed E-state index contributed by atoms with van der Waals surface area (Å²) >= 11 is 5.93.